The van der Waals surface area contributed by atoms with Crippen LogP contribution < -0.4 is 5.32 Å². The molecule has 2 aliphatic rings. The molecule has 0 bridgehead atoms. The minimum absolute atomic E-state index is 0.0114. The van der Waals surface area contributed by atoms with Crippen molar-refractivity contribution in [1.29, 1.82) is 0 Å². The summed E-state index contributed by atoms with van der Waals surface area (Å²) in [7, 11) is 0. The SMILES string of the molecule is C=C1CC(CC)CC(C)(C(=O)NCC2OCCC(O)C2O)C1. The van der Waals surface area contributed by atoms with E-state index in [9.17, 15) is 15.0 Å². The quantitative estimate of drug-likeness (QED) is 0.686. The van der Waals surface area contributed by atoms with Gasteiger partial charge in [-0.15, -0.1) is 0 Å². The number of carbonyl (C=O) groups excluding carboxylic acids is 1. The van der Waals surface area contributed by atoms with Crippen LogP contribution in [0.25, 0.3) is 0 Å². The highest BCUT2D eigenvalue weighted by atomic mass is 16.5. The van der Waals surface area contributed by atoms with Crippen LogP contribution in [0, 0.1) is 11.3 Å². The minimum Gasteiger partial charge on any atom is -0.390 e. The molecule has 1 saturated heterocycles. The zero-order valence-electron chi connectivity index (χ0n) is 13.7. The van der Waals surface area contributed by atoms with Crippen molar-refractivity contribution in [2.24, 2.45) is 11.3 Å². The van der Waals surface area contributed by atoms with Crippen LogP contribution in [0.1, 0.15) is 46.0 Å². The molecule has 1 heterocycles. The maximum Gasteiger partial charge on any atom is 0.226 e. The highest BCUT2D eigenvalue weighted by molar-refractivity contribution is 5.82. The second-order valence-corrected chi connectivity index (χ2v) is 7.14. The summed E-state index contributed by atoms with van der Waals surface area (Å²) < 4.78 is 5.45. The van der Waals surface area contributed by atoms with Gasteiger partial charge in [-0.3, -0.25) is 4.79 Å². The fourth-order valence-corrected chi connectivity index (χ4v) is 3.72. The largest absolute Gasteiger partial charge is 0.390 e. The summed E-state index contributed by atoms with van der Waals surface area (Å²) in [6.45, 7) is 8.86. The summed E-state index contributed by atoms with van der Waals surface area (Å²) in [5, 5.41) is 22.5. The normalized spacial score (nSPS) is 39.5. The average Bonchev–Trinajstić information content (AvgIpc) is 2.47. The van der Waals surface area contributed by atoms with Crippen molar-refractivity contribution in [1.82, 2.24) is 5.32 Å². The van der Waals surface area contributed by atoms with Gasteiger partial charge in [-0.25, -0.2) is 0 Å². The van der Waals surface area contributed by atoms with Crippen LogP contribution in [0.15, 0.2) is 12.2 Å². The number of hydrogen-bond donors (Lipinski definition) is 3. The van der Waals surface area contributed by atoms with Gasteiger partial charge >= 0.3 is 0 Å². The summed E-state index contributed by atoms with van der Waals surface area (Å²) in [6.07, 6.45) is 1.83. The minimum atomic E-state index is -0.938. The van der Waals surface area contributed by atoms with Gasteiger partial charge in [0, 0.05) is 13.2 Å². The van der Waals surface area contributed by atoms with E-state index in [1.807, 2.05) is 6.92 Å². The van der Waals surface area contributed by atoms with E-state index in [1.54, 1.807) is 0 Å². The fourth-order valence-electron chi connectivity index (χ4n) is 3.72. The molecule has 5 heteroatoms. The molecule has 126 valence electrons. The van der Waals surface area contributed by atoms with Crippen LogP contribution in [-0.2, 0) is 9.53 Å². The Hall–Kier alpha value is -0.910. The summed E-state index contributed by atoms with van der Waals surface area (Å²) in [5.41, 5.74) is 0.703. The van der Waals surface area contributed by atoms with E-state index in [-0.39, 0.29) is 12.5 Å². The monoisotopic (exact) mass is 311 g/mol. The third-order valence-corrected chi connectivity index (χ3v) is 5.07. The molecule has 0 aromatic heterocycles. The van der Waals surface area contributed by atoms with Gasteiger partial charge in [0.1, 0.15) is 12.2 Å². The first-order valence-electron chi connectivity index (χ1n) is 8.28. The van der Waals surface area contributed by atoms with Crippen molar-refractivity contribution in [2.75, 3.05) is 13.2 Å². The first kappa shape index (κ1) is 17.4. The predicted octanol–water partition coefficient (Wildman–Crippen LogP) is 1.39. The summed E-state index contributed by atoms with van der Waals surface area (Å²) in [4.78, 5) is 12.6. The number of hydrogen-bond acceptors (Lipinski definition) is 4. The van der Waals surface area contributed by atoms with E-state index in [0.29, 0.717) is 25.4 Å². The Morgan fingerprint density at radius 1 is 1.50 bits per heavy atom. The number of rotatable bonds is 4. The molecule has 5 nitrogen and oxygen atoms in total. The first-order valence-corrected chi connectivity index (χ1v) is 8.28. The van der Waals surface area contributed by atoms with Gasteiger partial charge in [-0.2, -0.15) is 0 Å². The van der Waals surface area contributed by atoms with E-state index in [1.165, 1.54) is 0 Å². The molecule has 5 atom stereocenters. The number of amides is 1. The van der Waals surface area contributed by atoms with E-state index in [4.69, 9.17) is 4.74 Å². The molecule has 0 aromatic carbocycles. The van der Waals surface area contributed by atoms with Crippen LogP contribution in [0.2, 0.25) is 0 Å². The van der Waals surface area contributed by atoms with Gasteiger partial charge in [0.05, 0.1) is 11.5 Å². The molecule has 1 aliphatic heterocycles. The van der Waals surface area contributed by atoms with Crippen molar-refractivity contribution < 1.29 is 19.7 Å². The maximum atomic E-state index is 12.6. The lowest BCUT2D eigenvalue weighted by atomic mass is 9.68. The van der Waals surface area contributed by atoms with Crippen LogP contribution >= 0.6 is 0 Å². The Morgan fingerprint density at radius 2 is 2.23 bits per heavy atom. The Balaban J connectivity index is 1.92. The summed E-state index contributed by atoms with van der Waals surface area (Å²) in [6, 6.07) is 0. The third kappa shape index (κ3) is 3.89. The first-order chi connectivity index (χ1) is 10.4. The highest BCUT2D eigenvalue weighted by Gasteiger charge is 2.40. The van der Waals surface area contributed by atoms with Crippen LogP contribution in [0.3, 0.4) is 0 Å². The molecule has 3 N–H and O–H groups in total. The van der Waals surface area contributed by atoms with Crippen LogP contribution in [0.4, 0.5) is 0 Å². The molecule has 2 fully saturated rings. The molecule has 0 aromatic rings. The standard InChI is InChI=1S/C17H29NO4/c1-4-12-7-11(2)8-17(3,9-12)16(21)18-10-14-15(20)13(19)5-6-22-14/h12-15,19-20H,2,4-10H2,1,3H3,(H,18,21). The molecule has 22 heavy (non-hydrogen) atoms. The van der Waals surface area contributed by atoms with E-state index < -0.39 is 23.7 Å². The number of nitrogens with one attached hydrogen (secondary N) is 1. The molecule has 1 amide bonds. The van der Waals surface area contributed by atoms with Gasteiger partial charge < -0.3 is 20.3 Å². The lowest BCUT2D eigenvalue weighted by molar-refractivity contribution is -0.142. The number of aliphatic hydroxyl groups is 2. The second-order valence-electron chi connectivity index (χ2n) is 7.14. The average molecular weight is 311 g/mol. The van der Waals surface area contributed by atoms with Crippen molar-refractivity contribution in [3.8, 4) is 0 Å². The predicted molar refractivity (Wildman–Crippen MR) is 84.3 cm³/mol. The lowest BCUT2D eigenvalue weighted by Gasteiger charge is -2.39. The van der Waals surface area contributed by atoms with E-state index in [0.717, 1.165) is 24.8 Å². The van der Waals surface area contributed by atoms with Gasteiger partial charge in [-0.1, -0.05) is 32.4 Å². The second kappa shape index (κ2) is 7.11. The number of aliphatic hydroxyl groups excluding tert-OH is 2. The molecule has 0 spiro atoms. The Morgan fingerprint density at radius 3 is 2.91 bits per heavy atom. The van der Waals surface area contributed by atoms with Gasteiger partial charge in [0.15, 0.2) is 0 Å². The molecule has 1 aliphatic carbocycles. The van der Waals surface area contributed by atoms with Crippen molar-refractivity contribution >= 4 is 5.91 Å². The summed E-state index contributed by atoms with van der Waals surface area (Å²) >= 11 is 0. The van der Waals surface area contributed by atoms with Gasteiger partial charge in [0.25, 0.3) is 0 Å². The third-order valence-electron chi connectivity index (χ3n) is 5.07. The smallest absolute Gasteiger partial charge is 0.226 e. The highest BCUT2D eigenvalue weighted by Crippen LogP contribution is 2.42. The Bertz CT molecular complexity index is 425. The van der Waals surface area contributed by atoms with Crippen molar-refractivity contribution in [3.63, 3.8) is 0 Å². The number of allylic oxidation sites excluding steroid dienone is 1. The van der Waals surface area contributed by atoms with Crippen LogP contribution in [0.5, 0.6) is 0 Å². The fraction of sp³-hybridized carbons (Fsp3) is 0.824. The molecule has 5 unspecified atom stereocenters. The molecule has 0 radical (unpaired) electrons. The molecular weight excluding hydrogens is 282 g/mol. The molecule has 1 saturated carbocycles. The van der Waals surface area contributed by atoms with E-state index in [2.05, 4.69) is 18.8 Å². The number of ether oxygens (including phenoxy) is 1. The van der Waals surface area contributed by atoms with Gasteiger partial charge in [-0.05, 0) is 31.6 Å². The Labute approximate surface area is 132 Å². The summed E-state index contributed by atoms with van der Waals surface area (Å²) in [5.74, 6) is 0.498. The van der Waals surface area contributed by atoms with E-state index >= 15 is 0 Å². The topological polar surface area (TPSA) is 78.8 Å². The molecule has 2 rings (SSSR count). The zero-order valence-corrected chi connectivity index (χ0v) is 13.7. The van der Waals surface area contributed by atoms with Crippen molar-refractivity contribution in [2.45, 2.75) is 64.3 Å². The number of carbonyl (C=O) groups is 1. The molecular formula is C17H29NO4. The Kier molecular flexibility index (Phi) is 5.64. The lowest BCUT2D eigenvalue weighted by Crippen LogP contribution is -2.52. The maximum absolute atomic E-state index is 12.6. The zero-order chi connectivity index (χ0) is 16.3. The van der Waals surface area contributed by atoms with Crippen LogP contribution in [-0.4, -0.2) is 47.6 Å². The van der Waals surface area contributed by atoms with Gasteiger partial charge in [0.2, 0.25) is 5.91 Å². The van der Waals surface area contributed by atoms with Crippen molar-refractivity contribution in [3.05, 3.63) is 12.2 Å².